The highest BCUT2D eigenvalue weighted by atomic mass is 19.1. The predicted octanol–water partition coefficient (Wildman–Crippen LogP) is 3.75. The van der Waals surface area contributed by atoms with Gasteiger partial charge in [-0.1, -0.05) is 12.1 Å². The highest BCUT2D eigenvalue weighted by Crippen LogP contribution is 2.28. The molecule has 2 nitrogen and oxygen atoms in total. The Kier molecular flexibility index (Phi) is 4.35. The van der Waals surface area contributed by atoms with Crippen molar-refractivity contribution in [3.63, 3.8) is 0 Å². The van der Waals surface area contributed by atoms with Gasteiger partial charge in [-0.15, -0.1) is 0 Å². The highest BCUT2D eigenvalue weighted by molar-refractivity contribution is 5.37. The normalized spacial score (nSPS) is 12.2. The molecule has 0 fully saturated rings. The molecule has 0 radical (unpaired) electrons. The topological polar surface area (TPSA) is 29.5 Å². The van der Waals surface area contributed by atoms with Crippen LogP contribution >= 0.6 is 0 Å². The lowest BCUT2D eigenvalue weighted by Crippen LogP contribution is -2.05. The number of hydrogen-bond donors (Lipinski definition) is 1. The van der Waals surface area contributed by atoms with Crippen LogP contribution in [0.4, 0.5) is 8.78 Å². The second kappa shape index (κ2) is 6.01. The first-order valence-electron chi connectivity index (χ1n) is 6.39. The van der Waals surface area contributed by atoms with Crippen LogP contribution in [0, 0.1) is 18.6 Å². The molecule has 4 heteroatoms. The average Bonchev–Trinajstić information content (AvgIpc) is 2.43. The van der Waals surface area contributed by atoms with Crippen molar-refractivity contribution >= 4 is 0 Å². The number of aliphatic hydroxyl groups excluding tert-OH is 1. The van der Waals surface area contributed by atoms with Crippen LogP contribution in [0.15, 0.2) is 36.4 Å². The first-order valence-corrected chi connectivity index (χ1v) is 6.39. The molecule has 2 aromatic carbocycles. The Balaban J connectivity index is 2.38. The molecule has 0 heterocycles. The van der Waals surface area contributed by atoms with E-state index in [-0.39, 0.29) is 5.56 Å². The molecule has 0 saturated heterocycles. The lowest BCUT2D eigenvalue weighted by atomic mass is 9.99. The maximum atomic E-state index is 13.8. The van der Waals surface area contributed by atoms with Gasteiger partial charge in [0.2, 0.25) is 0 Å². The van der Waals surface area contributed by atoms with E-state index in [1.807, 2.05) is 6.92 Å². The largest absolute Gasteiger partial charge is 0.494 e. The Morgan fingerprint density at radius 1 is 1.15 bits per heavy atom. The summed E-state index contributed by atoms with van der Waals surface area (Å²) in [6, 6.07) is 8.91. The van der Waals surface area contributed by atoms with Gasteiger partial charge in [0.05, 0.1) is 6.61 Å². The fraction of sp³-hybridized carbons (Fsp3) is 0.250. The van der Waals surface area contributed by atoms with Gasteiger partial charge < -0.3 is 9.84 Å². The molecule has 0 aliphatic heterocycles. The van der Waals surface area contributed by atoms with Gasteiger partial charge in [-0.05, 0) is 43.2 Å². The summed E-state index contributed by atoms with van der Waals surface area (Å²) < 4.78 is 32.4. The molecule has 1 N–H and O–H groups in total. The molecule has 0 bridgehead atoms. The molecule has 1 atom stereocenters. The zero-order valence-electron chi connectivity index (χ0n) is 11.4. The van der Waals surface area contributed by atoms with Gasteiger partial charge in [-0.3, -0.25) is 0 Å². The molecule has 0 aliphatic carbocycles. The third-order valence-electron chi connectivity index (χ3n) is 3.06. The minimum Gasteiger partial charge on any atom is -0.494 e. The lowest BCUT2D eigenvalue weighted by molar-refractivity contribution is 0.214. The van der Waals surface area contributed by atoms with Crippen LogP contribution in [-0.4, -0.2) is 11.7 Å². The third kappa shape index (κ3) is 2.96. The van der Waals surface area contributed by atoms with Crippen LogP contribution < -0.4 is 4.74 Å². The SMILES string of the molecule is CCOc1cccc(C(O)c2cc(C)c(F)cc2F)c1. The second-order valence-electron chi connectivity index (χ2n) is 4.53. The molecule has 0 amide bonds. The van der Waals surface area contributed by atoms with Gasteiger partial charge in [0, 0.05) is 11.6 Å². The van der Waals surface area contributed by atoms with Gasteiger partial charge in [0.15, 0.2) is 0 Å². The molecule has 0 saturated carbocycles. The summed E-state index contributed by atoms with van der Waals surface area (Å²) in [6.07, 6.45) is -1.16. The van der Waals surface area contributed by atoms with Crippen molar-refractivity contribution in [1.29, 1.82) is 0 Å². The van der Waals surface area contributed by atoms with E-state index < -0.39 is 17.7 Å². The van der Waals surface area contributed by atoms with E-state index in [4.69, 9.17) is 4.74 Å². The van der Waals surface area contributed by atoms with Crippen molar-refractivity contribution in [3.05, 3.63) is 64.7 Å². The van der Waals surface area contributed by atoms with Gasteiger partial charge in [-0.2, -0.15) is 0 Å². The molecule has 0 spiro atoms. The number of rotatable bonds is 4. The Labute approximate surface area is 116 Å². The van der Waals surface area contributed by atoms with Crippen LogP contribution in [0.5, 0.6) is 5.75 Å². The third-order valence-corrected chi connectivity index (χ3v) is 3.06. The van der Waals surface area contributed by atoms with Crippen molar-refractivity contribution in [1.82, 2.24) is 0 Å². The molecular formula is C16H16F2O2. The minimum atomic E-state index is -1.16. The summed E-state index contributed by atoms with van der Waals surface area (Å²) in [6.45, 7) is 3.89. The lowest BCUT2D eigenvalue weighted by Gasteiger charge is -2.14. The molecule has 20 heavy (non-hydrogen) atoms. The summed E-state index contributed by atoms with van der Waals surface area (Å²) in [5.41, 5.74) is 0.847. The van der Waals surface area contributed by atoms with Crippen molar-refractivity contribution in [2.75, 3.05) is 6.61 Å². The van der Waals surface area contributed by atoms with E-state index in [0.29, 0.717) is 23.5 Å². The molecule has 2 rings (SSSR count). The Hall–Kier alpha value is -1.94. The van der Waals surface area contributed by atoms with Crippen LogP contribution in [0.1, 0.15) is 29.7 Å². The van der Waals surface area contributed by atoms with E-state index in [2.05, 4.69) is 0 Å². The van der Waals surface area contributed by atoms with Gasteiger partial charge in [0.1, 0.15) is 23.5 Å². The van der Waals surface area contributed by atoms with E-state index in [9.17, 15) is 13.9 Å². The minimum absolute atomic E-state index is 0.0533. The smallest absolute Gasteiger partial charge is 0.132 e. The van der Waals surface area contributed by atoms with Crippen molar-refractivity contribution in [2.45, 2.75) is 20.0 Å². The van der Waals surface area contributed by atoms with Crippen LogP contribution in [-0.2, 0) is 0 Å². The number of benzene rings is 2. The van der Waals surface area contributed by atoms with Gasteiger partial charge >= 0.3 is 0 Å². The summed E-state index contributed by atoms with van der Waals surface area (Å²) in [4.78, 5) is 0. The van der Waals surface area contributed by atoms with Crippen molar-refractivity contribution in [2.24, 2.45) is 0 Å². The molecule has 1 unspecified atom stereocenters. The monoisotopic (exact) mass is 278 g/mol. The number of hydrogen-bond acceptors (Lipinski definition) is 2. The fourth-order valence-corrected chi connectivity index (χ4v) is 2.01. The molecule has 0 aromatic heterocycles. The Morgan fingerprint density at radius 2 is 1.90 bits per heavy atom. The summed E-state index contributed by atoms with van der Waals surface area (Å²) in [5, 5.41) is 10.3. The molecule has 2 aromatic rings. The highest BCUT2D eigenvalue weighted by Gasteiger charge is 2.17. The number of aliphatic hydroxyl groups is 1. The summed E-state index contributed by atoms with van der Waals surface area (Å²) in [7, 11) is 0. The Morgan fingerprint density at radius 3 is 2.60 bits per heavy atom. The van der Waals surface area contributed by atoms with E-state index in [1.165, 1.54) is 13.0 Å². The van der Waals surface area contributed by atoms with E-state index >= 15 is 0 Å². The summed E-state index contributed by atoms with van der Waals surface area (Å²) in [5.74, 6) is -0.785. The van der Waals surface area contributed by atoms with Crippen molar-refractivity contribution in [3.8, 4) is 5.75 Å². The standard InChI is InChI=1S/C16H16F2O2/c1-3-20-12-6-4-5-11(8-12)16(19)13-7-10(2)14(17)9-15(13)18/h4-9,16,19H,3H2,1-2H3. The Bertz CT molecular complexity index is 611. The number of aryl methyl sites for hydroxylation is 1. The molecule has 106 valence electrons. The van der Waals surface area contributed by atoms with Crippen molar-refractivity contribution < 1.29 is 18.6 Å². The van der Waals surface area contributed by atoms with E-state index in [0.717, 1.165) is 6.07 Å². The fourth-order valence-electron chi connectivity index (χ4n) is 2.01. The number of halogens is 2. The van der Waals surface area contributed by atoms with Gasteiger partial charge in [-0.25, -0.2) is 8.78 Å². The first kappa shape index (κ1) is 14.5. The average molecular weight is 278 g/mol. The van der Waals surface area contributed by atoms with Gasteiger partial charge in [0.25, 0.3) is 0 Å². The number of ether oxygens (including phenoxy) is 1. The predicted molar refractivity (Wildman–Crippen MR) is 72.8 cm³/mol. The zero-order chi connectivity index (χ0) is 14.7. The second-order valence-corrected chi connectivity index (χ2v) is 4.53. The van der Waals surface area contributed by atoms with E-state index in [1.54, 1.807) is 24.3 Å². The maximum Gasteiger partial charge on any atom is 0.132 e. The maximum absolute atomic E-state index is 13.8. The summed E-state index contributed by atoms with van der Waals surface area (Å²) >= 11 is 0. The van der Waals surface area contributed by atoms with Crippen LogP contribution in [0.25, 0.3) is 0 Å². The molecular weight excluding hydrogens is 262 g/mol. The quantitative estimate of drug-likeness (QED) is 0.923. The molecule has 0 aliphatic rings. The van der Waals surface area contributed by atoms with Crippen LogP contribution in [0.2, 0.25) is 0 Å². The van der Waals surface area contributed by atoms with Crippen LogP contribution in [0.3, 0.4) is 0 Å². The first-order chi connectivity index (χ1) is 9.52. The zero-order valence-corrected chi connectivity index (χ0v) is 11.4.